The molecule has 2 aromatic carbocycles. The van der Waals surface area contributed by atoms with E-state index < -0.39 is 0 Å². The Balaban J connectivity index is 1.95. The fraction of sp³-hybridized carbons (Fsp3) is 0.294. The van der Waals surface area contributed by atoms with Crippen molar-refractivity contribution in [3.63, 3.8) is 0 Å². The molecule has 0 saturated carbocycles. The molecule has 0 bridgehead atoms. The first-order chi connectivity index (χ1) is 9.10. The highest BCUT2D eigenvalue weighted by Gasteiger charge is 2.36. The topological polar surface area (TPSA) is 18.5 Å². The molecule has 0 aromatic heterocycles. The van der Waals surface area contributed by atoms with Crippen LogP contribution >= 0.6 is 0 Å². The van der Waals surface area contributed by atoms with Gasteiger partial charge < -0.3 is 9.47 Å². The molecule has 1 aliphatic rings. The van der Waals surface area contributed by atoms with Crippen LogP contribution in [0.3, 0.4) is 0 Å². The van der Waals surface area contributed by atoms with Crippen LogP contribution in [-0.2, 0) is 12.0 Å². The Morgan fingerprint density at radius 3 is 2.53 bits per heavy atom. The molecular formula is C17H18O2. The maximum absolute atomic E-state index is 6.16. The molecule has 0 spiro atoms. The van der Waals surface area contributed by atoms with Gasteiger partial charge in [-0.25, -0.2) is 0 Å². The molecule has 0 N–H and O–H groups in total. The average Bonchev–Trinajstić information content (AvgIpc) is 2.75. The number of fused-ring (bicyclic) bond motifs is 1. The van der Waals surface area contributed by atoms with Gasteiger partial charge in [0.25, 0.3) is 0 Å². The van der Waals surface area contributed by atoms with Crippen LogP contribution in [0.1, 0.15) is 23.6 Å². The summed E-state index contributed by atoms with van der Waals surface area (Å²) < 4.78 is 11.4. The minimum Gasteiger partial charge on any atom is -0.497 e. The van der Waals surface area contributed by atoms with Gasteiger partial charge in [0.05, 0.1) is 7.11 Å². The number of aryl methyl sites for hydroxylation is 1. The Kier molecular flexibility index (Phi) is 2.74. The predicted octanol–water partition coefficient (Wildman–Crippen LogP) is 3.85. The van der Waals surface area contributed by atoms with E-state index >= 15 is 0 Å². The van der Waals surface area contributed by atoms with Gasteiger partial charge >= 0.3 is 0 Å². The van der Waals surface area contributed by atoms with Crippen LogP contribution in [0.15, 0.2) is 42.5 Å². The van der Waals surface area contributed by atoms with Gasteiger partial charge in [-0.15, -0.1) is 0 Å². The Morgan fingerprint density at radius 2 is 1.84 bits per heavy atom. The third-order valence-electron chi connectivity index (χ3n) is 3.79. The lowest BCUT2D eigenvalue weighted by molar-refractivity contribution is 0.116. The minimum atomic E-state index is -0.275. The van der Waals surface area contributed by atoms with Gasteiger partial charge in [0, 0.05) is 12.0 Å². The van der Waals surface area contributed by atoms with E-state index in [0.717, 1.165) is 17.9 Å². The molecule has 1 unspecified atom stereocenters. The van der Waals surface area contributed by atoms with Gasteiger partial charge in [0.2, 0.25) is 0 Å². The van der Waals surface area contributed by atoms with Gasteiger partial charge in [-0.05, 0) is 37.6 Å². The molecule has 0 radical (unpaired) electrons. The highest BCUT2D eigenvalue weighted by Crippen LogP contribution is 2.42. The number of rotatable bonds is 2. The molecule has 98 valence electrons. The van der Waals surface area contributed by atoms with Crippen LogP contribution in [-0.4, -0.2) is 7.11 Å². The van der Waals surface area contributed by atoms with Crippen molar-refractivity contribution < 1.29 is 9.47 Å². The SMILES string of the molecule is COc1ccc2c(c1)CC(C)(c1ccc(C)cc1)O2. The summed E-state index contributed by atoms with van der Waals surface area (Å²) >= 11 is 0. The van der Waals surface area contributed by atoms with Crippen LogP contribution in [0.4, 0.5) is 0 Å². The lowest BCUT2D eigenvalue weighted by Crippen LogP contribution is -2.26. The number of benzene rings is 2. The van der Waals surface area contributed by atoms with Crippen molar-refractivity contribution in [1.82, 2.24) is 0 Å². The second-order valence-corrected chi connectivity index (χ2v) is 5.35. The van der Waals surface area contributed by atoms with E-state index in [1.54, 1.807) is 7.11 Å². The molecule has 2 heteroatoms. The highest BCUT2D eigenvalue weighted by atomic mass is 16.5. The number of methoxy groups -OCH3 is 1. The van der Waals surface area contributed by atoms with E-state index in [0.29, 0.717) is 0 Å². The normalized spacial score (nSPS) is 20.8. The van der Waals surface area contributed by atoms with E-state index in [-0.39, 0.29) is 5.60 Å². The van der Waals surface area contributed by atoms with Crippen LogP contribution < -0.4 is 9.47 Å². The predicted molar refractivity (Wildman–Crippen MR) is 75.9 cm³/mol. The first-order valence-electron chi connectivity index (χ1n) is 6.54. The molecule has 0 amide bonds. The van der Waals surface area contributed by atoms with Crippen molar-refractivity contribution in [3.8, 4) is 11.5 Å². The van der Waals surface area contributed by atoms with E-state index in [4.69, 9.17) is 9.47 Å². The molecule has 1 heterocycles. The fourth-order valence-corrected chi connectivity index (χ4v) is 2.63. The number of hydrogen-bond donors (Lipinski definition) is 0. The number of ether oxygens (including phenoxy) is 2. The highest BCUT2D eigenvalue weighted by molar-refractivity contribution is 5.46. The second kappa shape index (κ2) is 4.30. The summed E-state index contributed by atoms with van der Waals surface area (Å²) in [4.78, 5) is 0. The van der Waals surface area contributed by atoms with Crippen molar-refractivity contribution in [3.05, 3.63) is 59.2 Å². The Bertz CT molecular complexity index is 601. The molecule has 19 heavy (non-hydrogen) atoms. The molecule has 2 nitrogen and oxygen atoms in total. The van der Waals surface area contributed by atoms with Crippen molar-refractivity contribution in [2.45, 2.75) is 25.9 Å². The zero-order valence-corrected chi connectivity index (χ0v) is 11.6. The second-order valence-electron chi connectivity index (χ2n) is 5.35. The Labute approximate surface area is 114 Å². The van der Waals surface area contributed by atoms with Crippen LogP contribution in [0, 0.1) is 6.92 Å². The van der Waals surface area contributed by atoms with Crippen molar-refractivity contribution >= 4 is 0 Å². The smallest absolute Gasteiger partial charge is 0.135 e. The van der Waals surface area contributed by atoms with E-state index in [2.05, 4.69) is 44.2 Å². The van der Waals surface area contributed by atoms with Gasteiger partial charge in [0.15, 0.2) is 0 Å². The van der Waals surface area contributed by atoms with Crippen molar-refractivity contribution in [2.75, 3.05) is 7.11 Å². The summed E-state index contributed by atoms with van der Waals surface area (Å²) in [6, 6.07) is 14.6. The lowest BCUT2D eigenvalue weighted by atomic mass is 9.90. The summed E-state index contributed by atoms with van der Waals surface area (Å²) in [6.07, 6.45) is 0.878. The molecule has 3 rings (SSSR count). The van der Waals surface area contributed by atoms with Gasteiger partial charge in [-0.2, -0.15) is 0 Å². The molecular weight excluding hydrogens is 236 g/mol. The van der Waals surface area contributed by atoms with E-state index in [1.807, 2.05) is 12.1 Å². The van der Waals surface area contributed by atoms with E-state index in [1.165, 1.54) is 16.7 Å². The van der Waals surface area contributed by atoms with Crippen LogP contribution in [0.5, 0.6) is 11.5 Å². The minimum absolute atomic E-state index is 0.275. The maximum atomic E-state index is 6.16. The quantitative estimate of drug-likeness (QED) is 0.810. The number of hydrogen-bond acceptors (Lipinski definition) is 2. The van der Waals surface area contributed by atoms with Crippen molar-refractivity contribution in [2.24, 2.45) is 0 Å². The first kappa shape index (κ1) is 12.1. The summed E-state index contributed by atoms with van der Waals surface area (Å²) in [5.74, 6) is 1.85. The van der Waals surface area contributed by atoms with Gasteiger partial charge in [-0.3, -0.25) is 0 Å². The summed E-state index contributed by atoms with van der Waals surface area (Å²) in [7, 11) is 1.69. The summed E-state index contributed by atoms with van der Waals surface area (Å²) in [5.41, 5.74) is 3.42. The maximum Gasteiger partial charge on any atom is 0.135 e. The average molecular weight is 254 g/mol. The zero-order valence-electron chi connectivity index (χ0n) is 11.6. The fourth-order valence-electron chi connectivity index (χ4n) is 2.63. The third kappa shape index (κ3) is 2.07. The Morgan fingerprint density at radius 1 is 1.11 bits per heavy atom. The molecule has 0 fully saturated rings. The van der Waals surface area contributed by atoms with Crippen LogP contribution in [0.25, 0.3) is 0 Å². The van der Waals surface area contributed by atoms with Crippen LogP contribution in [0.2, 0.25) is 0 Å². The third-order valence-corrected chi connectivity index (χ3v) is 3.79. The molecule has 1 aliphatic heterocycles. The largest absolute Gasteiger partial charge is 0.497 e. The monoisotopic (exact) mass is 254 g/mol. The standard InChI is InChI=1S/C17H18O2/c1-12-4-6-14(7-5-12)17(2)11-13-10-15(18-3)8-9-16(13)19-17/h4-10H,11H2,1-3H3. The van der Waals surface area contributed by atoms with Gasteiger partial charge in [0.1, 0.15) is 17.1 Å². The Hall–Kier alpha value is -1.96. The zero-order chi connectivity index (χ0) is 13.5. The van der Waals surface area contributed by atoms with E-state index in [9.17, 15) is 0 Å². The first-order valence-corrected chi connectivity index (χ1v) is 6.54. The summed E-state index contributed by atoms with van der Waals surface area (Å²) in [5, 5.41) is 0. The lowest BCUT2D eigenvalue weighted by Gasteiger charge is -2.24. The van der Waals surface area contributed by atoms with Crippen molar-refractivity contribution in [1.29, 1.82) is 0 Å². The molecule has 1 atom stereocenters. The van der Waals surface area contributed by atoms with Gasteiger partial charge in [-0.1, -0.05) is 29.8 Å². The molecule has 0 saturated heterocycles. The molecule has 2 aromatic rings. The summed E-state index contributed by atoms with van der Waals surface area (Å²) in [6.45, 7) is 4.24. The molecule has 0 aliphatic carbocycles.